The zero-order valence-corrected chi connectivity index (χ0v) is 16.5. The molecule has 1 nitrogen and oxygen atoms in total. The van der Waals surface area contributed by atoms with Crippen LogP contribution in [0.4, 0.5) is 22.0 Å². The number of aryl methyl sites for hydroxylation is 2. The minimum atomic E-state index is -1.55. The van der Waals surface area contributed by atoms with E-state index in [9.17, 15) is 22.0 Å². The van der Waals surface area contributed by atoms with Gasteiger partial charge in [-0.25, -0.2) is 22.0 Å². The summed E-state index contributed by atoms with van der Waals surface area (Å²) in [5.41, 5.74) is 0.841. The van der Waals surface area contributed by atoms with Gasteiger partial charge in [0.05, 0.1) is 6.61 Å². The van der Waals surface area contributed by atoms with E-state index in [2.05, 4.69) is 6.92 Å². The molecule has 0 aliphatic heterocycles. The first-order chi connectivity index (χ1) is 14.4. The van der Waals surface area contributed by atoms with Crippen LogP contribution in [0.1, 0.15) is 30.9 Å². The second-order valence-corrected chi connectivity index (χ2v) is 7.00. The van der Waals surface area contributed by atoms with E-state index in [4.69, 9.17) is 4.74 Å². The quantitative estimate of drug-likeness (QED) is 0.216. The van der Waals surface area contributed by atoms with Crippen LogP contribution in [-0.2, 0) is 12.8 Å². The van der Waals surface area contributed by atoms with Crippen molar-refractivity contribution in [3.63, 3.8) is 0 Å². The maximum Gasteiger partial charge on any atom is 0.194 e. The predicted octanol–water partition coefficient (Wildman–Crippen LogP) is 7.01. The largest absolute Gasteiger partial charge is 0.494 e. The zero-order valence-electron chi connectivity index (χ0n) is 16.5. The fraction of sp³-hybridized carbons (Fsp3) is 0.250. The van der Waals surface area contributed by atoms with Crippen LogP contribution in [0.15, 0.2) is 48.5 Å². The lowest BCUT2D eigenvalue weighted by atomic mass is 9.99. The van der Waals surface area contributed by atoms with Gasteiger partial charge in [0.1, 0.15) is 5.75 Å². The van der Waals surface area contributed by atoms with Crippen molar-refractivity contribution in [2.24, 2.45) is 0 Å². The number of hydrogen-bond acceptors (Lipinski definition) is 1. The van der Waals surface area contributed by atoms with Gasteiger partial charge in [-0.3, -0.25) is 0 Å². The Labute approximate surface area is 172 Å². The third-order valence-electron chi connectivity index (χ3n) is 4.82. The Morgan fingerprint density at radius 1 is 0.733 bits per heavy atom. The lowest BCUT2D eigenvalue weighted by Gasteiger charge is -2.10. The molecule has 0 heterocycles. The Morgan fingerprint density at radius 3 is 2.03 bits per heavy atom. The Hall–Kier alpha value is -2.89. The van der Waals surface area contributed by atoms with Crippen molar-refractivity contribution < 1.29 is 26.7 Å². The molecule has 0 N–H and O–H groups in total. The van der Waals surface area contributed by atoms with Crippen LogP contribution in [-0.4, -0.2) is 6.61 Å². The molecule has 0 saturated heterocycles. The maximum atomic E-state index is 14.6. The Bertz CT molecular complexity index is 992. The first kappa shape index (κ1) is 21.8. The number of unbranched alkanes of at least 4 members (excludes halogenated alkanes) is 1. The molecular weight excluding hydrogens is 399 g/mol. The Balaban J connectivity index is 1.74. The summed E-state index contributed by atoms with van der Waals surface area (Å²) in [4.78, 5) is 0. The van der Waals surface area contributed by atoms with Gasteiger partial charge in [-0.1, -0.05) is 37.6 Å². The van der Waals surface area contributed by atoms with Crippen LogP contribution in [0.2, 0.25) is 0 Å². The van der Waals surface area contributed by atoms with Crippen LogP contribution in [0.25, 0.3) is 11.1 Å². The Kier molecular flexibility index (Phi) is 7.08. The summed E-state index contributed by atoms with van der Waals surface area (Å²) in [5, 5.41) is 0. The zero-order chi connectivity index (χ0) is 21.7. The molecule has 6 heteroatoms. The van der Waals surface area contributed by atoms with Crippen LogP contribution < -0.4 is 4.74 Å². The summed E-state index contributed by atoms with van der Waals surface area (Å²) in [6.45, 7) is 2.65. The third-order valence-corrected chi connectivity index (χ3v) is 4.82. The highest BCUT2D eigenvalue weighted by atomic mass is 19.2. The van der Waals surface area contributed by atoms with Gasteiger partial charge >= 0.3 is 0 Å². The van der Waals surface area contributed by atoms with E-state index < -0.39 is 29.1 Å². The highest BCUT2D eigenvalue weighted by Gasteiger charge is 2.16. The molecule has 0 aromatic heterocycles. The maximum absolute atomic E-state index is 14.6. The topological polar surface area (TPSA) is 9.23 Å². The SMILES string of the molecule is CCCCOc1ccc(-c2ccc(CCc3cc(F)c(F)c(F)c3)c(F)c2F)cc1. The molecule has 0 amide bonds. The van der Waals surface area contributed by atoms with Crippen molar-refractivity contribution in [1.29, 1.82) is 0 Å². The van der Waals surface area contributed by atoms with E-state index in [0.717, 1.165) is 25.0 Å². The Morgan fingerprint density at radius 2 is 1.40 bits per heavy atom. The van der Waals surface area contributed by atoms with Gasteiger partial charge in [-0.2, -0.15) is 0 Å². The molecule has 3 aromatic carbocycles. The van der Waals surface area contributed by atoms with Crippen molar-refractivity contribution in [3.05, 3.63) is 88.7 Å². The van der Waals surface area contributed by atoms with E-state index in [1.54, 1.807) is 24.3 Å². The highest BCUT2D eigenvalue weighted by molar-refractivity contribution is 5.65. The van der Waals surface area contributed by atoms with Crippen molar-refractivity contribution in [2.45, 2.75) is 32.6 Å². The van der Waals surface area contributed by atoms with Gasteiger partial charge in [0.2, 0.25) is 0 Å². The smallest absolute Gasteiger partial charge is 0.194 e. The molecule has 0 bridgehead atoms. The van der Waals surface area contributed by atoms with Crippen LogP contribution in [0, 0.1) is 29.1 Å². The standard InChI is InChI=1S/C24H21F5O/c1-2-3-12-30-18-9-6-16(7-10-18)19-11-8-17(22(27)23(19)28)5-4-15-13-20(25)24(29)21(26)14-15/h6-11,13-14H,2-5,12H2,1H3. The van der Waals surface area contributed by atoms with Crippen LogP contribution in [0.3, 0.4) is 0 Å². The summed E-state index contributed by atoms with van der Waals surface area (Å²) in [6, 6.07) is 11.3. The van der Waals surface area contributed by atoms with E-state index in [1.807, 2.05) is 0 Å². The van der Waals surface area contributed by atoms with E-state index in [-0.39, 0.29) is 29.5 Å². The van der Waals surface area contributed by atoms with Crippen LogP contribution >= 0.6 is 0 Å². The number of benzene rings is 3. The minimum absolute atomic E-state index is 0.0117. The average molecular weight is 420 g/mol. The van der Waals surface area contributed by atoms with Gasteiger partial charge in [0.15, 0.2) is 29.1 Å². The first-order valence-corrected chi connectivity index (χ1v) is 9.74. The normalized spacial score (nSPS) is 11.0. The van der Waals surface area contributed by atoms with E-state index in [0.29, 0.717) is 17.9 Å². The molecule has 158 valence electrons. The van der Waals surface area contributed by atoms with E-state index in [1.165, 1.54) is 12.1 Å². The fourth-order valence-corrected chi connectivity index (χ4v) is 3.10. The van der Waals surface area contributed by atoms with Gasteiger partial charge < -0.3 is 4.74 Å². The first-order valence-electron chi connectivity index (χ1n) is 9.74. The number of rotatable bonds is 8. The summed E-state index contributed by atoms with van der Waals surface area (Å²) in [7, 11) is 0. The molecule has 0 radical (unpaired) electrons. The molecule has 0 fully saturated rings. The second kappa shape index (κ2) is 9.74. The van der Waals surface area contributed by atoms with Crippen LogP contribution in [0.5, 0.6) is 5.75 Å². The summed E-state index contributed by atoms with van der Waals surface area (Å²) in [6.07, 6.45) is 1.99. The van der Waals surface area contributed by atoms with Crippen molar-refractivity contribution >= 4 is 0 Å². The second-order valence-electron chi connectivity index (χ2n) is 7.00. The highest BCUT2D eigenvalue weighted by Crippen LogP contribution is 2.29. The molecular formula is C24H21F5O. The lowest BCUT2D eigenvalue weighted by Crippen LogP contribution is -2.01. The van der Waals surface area contributed by atoms with Crippen molar-refractivity contribution in [3.8, 4) is 16.9 Å². The summed E-state index contributed by atoms with van der Waals surface area (Å²) < 4.78 is 74.4. The van der Waals surface area contributed by atoms with Gasteiger partial charge in [0, 0.05) is 5.56 Å². The number of hydrogen-bond donors (Lipinski definition) is 0. The van der Waals surface area contributed by atoms with Gasteiger partial charge in [-0.05, 0) is 60.2 Å². The van der Waals surface area contributed by atoms with Gasteiger partial charge in [0.25, 0.3) is 0 Å². The van der Waals surface area contributed by atoms with E-state index >= 15 is 0 Å². The third kappa shape index (κ3) is 4.99. The fourth-order valence-electron chi connectivity index (χ4n) is 3.10. The lowest BCUT2D eigenvalue weighted by molar-refractivity contribution is 0.309. The van der Waals surface area contributed by atoms with Crippen molar-refractivity contribution in [2.75, 3.05) is 6.61 Å². The molecule has 0 atom stereocenters. The molecule has 0 unspecified atom stereocenters. The summed E-state index contributed by atoms with van der Waals surface area (Å²) >= 11 is 0. The average Bonchev–Trinajstić information content (AvgIpc) is 2.74. The molecule has 0 aliphatic carbocycles. The molecule has 3 rings (SSSR count). The molecule has 0 saturated carbocycles. The predicted molar refractivity (Wildman–Crippen MR) is 106 cm³/mol. The number of ether oxygens (including phenoxy) is 1. The molecule has 0 spiro atoms. The minimum Gasteiger partial charge on any atom is -0.494 e. The number of halogens is 5. The molecule has 30 heavy (non-hydrogen) atoms. The monoisotopic (exact) mass is 420 g/mol. The summed E-state index contributed by atoms with van der Waals surface area (Å²) in [5.74, 6) is -5.53. The van der Waals surface area contributed by atoms with Crippen molar-refractivity contribution in [1.82, 2.24) is 0 Å². The molecule has 0 aliphatic rings. The molecule has 3 aromatic rings. The van der Waals surface area contributed by atoms with Gasteiger partial charge in [-0.15, -0.1) is 0 Å².